The van der Waals surface area contributed by atoms with Crippen molar-refractivity contribution in [1.29, 1.82) is 0 Å². The zero-order valence-electron chi connectivity index (χ0n) is 10.4. The van der Waals surface area contributed by atoms with Crippen molar-refractivity contribution in [2.45, 2.75) is 33.6 Å². The van der Waals surface area contributed by atoms with E-state index in [4.69, 9.17) is 0 Å². The molecular weight excluding hydrogens is 220 g/mol. The lowest BCUT2D eigenvalue weighted by Gasteiger charge is -2.17. The Kier molecular flexibility index (Phi) is 3.93. The van der Waals surface area contributed by atoms with Crippen LogP contribution in [0.4, 0.5) is 5.69 Å². The Labute approximate surface area is 100 Å². The van der Waals surface area contributed by atoms with Crippen LogP contribution in [0.15, 0.2) is 12.1 Å². The topological polar surface area (TPSA) is 73.1 Å². The average molecular weight is 236 g/mol. The van der Waals surface area contributed by atoms with Gasteiger partial charge in [-0.15, -0.1) is 0 Å². The number of Topliss-reactive ketones (excluding diaryl/α,β-unsaturated/α-hetero) is 1. The van der Waals surface area contributed by atoms with Crippen LogP contribution in [0.2, 0.25) is 0 Å². The number of pyridine rings is 1. The minimum atomic E-state index is -0.518. The number of carbonyl (C=O) groups is 1. The smallest absolute Gasteiger partial charge is 0.291 e. The molecule has 0 saturated carbocycles. The maximum atomic E-state index is 11.6. The number of carbonyl (C=O) groups excluding carboxylic acids is 1. The second-order valence-corrected chi connectivity index (χ2v) is 4.45. The van der Waals surface area contributed by atoms with Crippen LogP contribution in [0.25, 0.3) is 0 Å². The van der Waals surface area contributed by atoms with Gasteiger partial charge < -0.3 is 0 Å². The zero-order valence-corrected chi connectivity index (χ0v) is 10.4. The van der Waals surface area contributed by atoms with Crippen molar-refractivity contribution in [3.8, 4) is 0 Å². The first-order valence-corrected chi connectivity index (χ1v) is 5.47. The third-order valence-corrected chi connectivity index (χ3v) is 2.64. The number of rotatable bonds is 4. The standard InChI is InChI=1S/C12H16N2O3/c1-7(2)11(9(4)15)12-10(14(16)17)6-5-8(3)13-12/h5-7,11H,1-4H3. The quantitative estimate of drug-likeness (QED) is 0.595. The molecular formula is C12H16N2O3. The van der Waals surface area contributed by atoms with Crippen LogP contribution < -0.4 is 0 Å². The molecule has 0 N–H and O–H groups in total. The number of nitrogens with zero attached hydrogens (tertiary/aromatic N) is 2. The molecule has 5 nitrogen and oxygen atoms in total. The molecule has 1 unspecified atom stereocenters. The lowest BCUT2D eigenvalue weighted by atomic mass is 9.88. The maximum absolute atomic E-state index is 11.6. The zero-order chi connectivity index (χ0) is 13.2. The first kappa shape index (κ1) is 13.3. The van der Waals surface area contributed by atoms with Gasteiger partial charge >= 0.3 is 0 Å². The molecule has 0 saturated heterocycles. The van der Waals surface area contributed by atoms with Gasteiger partial charge in [0.25, 0.3) is 5.69 Å². The van der Waals surface area contributed by atoms with Gasteiger partial charge in [0.15, 0.2) is 0 Å². The van der Waals surface area contributed by atoms with Gasteiger partial charge in [0.1, 0.15) is 11.5 Å². The Bertz CT molecular complexity index is 455. The number of hydrogen-bond donors (Lipinski definition) is 0. The summed E-state index contributed by atoms with van der Waals surface area (Å²) in [6.07, 6.45) is 0. The van der Waals surface area contributed by atoms with Gasteiger partial charge in [-0.05, 0) is 25.8 Å². The molecule has 1 aromatic heterocycles. The highest BCUT2D eigenvalue weighted by molar-refractivity contribution is 5.84. The molecule has 1 rings (SSSR count). The van der Waals surface area contributed by atoms with Gasteiger partial charge in [0, 0.05) is 11.8 Å². The van der Waals surface area contributed by atoms with Crippen molar-refractivity contribution in [1.82, 2.24) is 4.98 Å². The maximum Gasteiger partial charge on any atom is 0.291 e. The molecule has 5 heteroatoms. The predicted octanol–water partition coefficient (Wildman–Crippen LogP) is 2.63. The van der Waals surface area contributed by atoms with Crippen molar-refractivity contribution in [2.75, 3.05) is 0 Å². The van der Waals surface area contributed by atoms with Crippen LogP contribution in [-0.2, 0) is 4.79 Å². The Morgan fingerprint density at radius 2 is 2.00 bits per heavy atom. The fraction of sp³-hybridized carbons (Fsp3) is 0.500. The molecule has 92 valence electrons. The fourth-order valence-electron chi connectivity index (χ4n) is 1.93. The highest BCUT2D eigenvalue weighted by Crippen LogP contribution is 2.31. The highest BCUT2D eigenvalue weighted by atomic mass is 16.6. The van der Waals surface area contributed by atoms with Gasteiger partial charge in [-0.3, -0.25) is 19.9 Å². The summed E-state index contributed by atoms with van der Waals surface area (Å²) in [5.74, 6) is -0.628. The monoisotopic (exact) mass is 236 g/mol. The van der Waals surface area contributed by atoms with E-state index in [9.17, 15) is 14.9 Å². The Morgan fingerprint density at radius 3 is 2.41 bits per heavy atom. The van der Waals surface area contributed by atoms with Crippen LogP contribution in [0.1, 0.15) is 38.1 Å². The number of aromatic nitrogens is 1. The van der Waals surface area contributed by atoms with Crippen LogP contribution >= 0.6 is 0 Å². The van der Waals surface area contributed by atoms with Crippen molar-refractivity contribution in [3.05, 3.63) is 33.6 Å². The van der Waals surface area contributed by atoms with Crippen molar-refractivity contribution in [3.63, 3.8) is 0 Å². The van der Waals surface area contributed by atoms with Gasteiger partial charge in [0.2, 0.25) is 0 Å². The average Bonchev–Trinajstić information content (AvgIpc) is 2.15. The first-order chi connectivity index (χ1) is 7.84. The normalized spacial score (nSPS) is 12.5. The molecule has 0 fully saturated rings. The molecule has 0 spiro atoms. The lowest BCUT2D eigenvalue weighted by Crippen LogP contribution is -2.18. The molecule has 0 radical (unpaired) electrons. The summed E-state index contributed by atoms with van der Waals surface area (Å²) in [5.41, 5.74) is 0.875. The van der Waals surface area contributed by atoms with E-state index in [1.807, 2.05) is 13.8 Å². The van der Waals surface area contributed by atoms with Crippen LogP contribution in [0.3, 0.4) is 0 Å². The van der Waals surface area contributed by atoms with E-state index in [2.05, 4.69) is 4.98 Å². The molecule has 0 aliphatic heterocycles. The van der Waals surface area contributed by atoms with Crippen LogP contribution in [0.5, 0.6) is 0 Å². The molecule has 1 atom stereocenters. The largest absolute Gasteiger partial charge is 0.299 e. The Hall–Kier alpha value is -1.78. The van der Waals surface area contributed by atoms with Crippen molar-refractivity contribution in [2.24, 2.45) is 5.92 Å². The summed E-state index contributed by atoms with van der Waals surface area (Å²) >= 11 is 0. The minimum Gasteiger partial charge on any atom is -0.299 e. The van der Waals surface area contributed by atoms with E-state index in [1.54, 1.807) is 13.0 Å². The Morgan fingerprint density at radius 1 is 1.41 bits per heavy atom. The van der Waals surface area contributed by atoms with E-state index in [-0.39, 0.29) is 23.1 Å². The summed E-state index contributed by atoms with van der Waals surface area (Å²) in [5, 5.41) is 10.9. The predicted molar refractivity (Wildman–Crippen MR) is 63.9 cm³/mol. The molecule has 0 bridgehead atoms. The number of ketones is 1. The van der Waals surface area contributed by atoms with E-state index >= 15 is 0 Å². The van der Waals surface area contributed by atoms with Gasteiger partial charge in [-0.25, -0.2) is 0 Å². The van der Waals surface area contributed by atoms with Crippen LogP contribution in [-0.4, -0.2) is 15.7 Å². The van der Waals surface area contributed by atoms with E-state index in [0.29, 0.717) is 5.69 Å². The molecule has 17 heavy (non-hydrogen) atoms. The van der Waals surface area contributed by atoms with Crippen molar-refractivity contribution >= 4 is 11.5 Å². The lowest BCUT2D eigenvalue weighted by molar-refractivity contribution is -0.386. The summed E-state index contributed by atoms with van der Waals surface area (Å²) in [6, 6.07) is 3.00. The molecule has 0 aliphatic rings. The number of hydrogen-bond acceptors (Lipinski definition) is 4. The summed E-state index contributed by atoms with van der Waals surface area (Å²) in [6.45, 7) is 6.92. The highest BCUT2D eigenvalue weighted by Gasteiger charge is 2.29. The van der Waals surface area contributed by atoms with Crippen molar-refractivity contribution < 1.29 is 9.72 Å². The Balaban J connectivity index is 3.40. The van der Waals surface area contributed by atoms with Crippen LogP contribution in [0, 0.1) is 23.0 Å². The first-order valence-electron chi connectivity index (χ1n) is 5.47. The summed E-state index contributed by atoms with van der Waals surface area (Å²) < 4.78 is 0. The van der Waals surface area contributed by atoms with Gasteiger partial charge in [-0.1, -0.05) is 13.8 Å². The number of nitro groups is 1. The third-order valence-electron chi connectivity index (χ3n) is 2.64. The number of aryl methyl sites for hydroxylation is 1. The second kappa shape index (κ2) is 5.03. The van der Waals surface area contributed by atoms with E-state index < -0.39 is 10.8 Å². The van der Waals surface area contributed by atoms with E-state index in [0.717, 1.165) is 0 Å². The third kappa shape index (κ3) is 2.87. The molecule has 1 aromatic rings. The molecule has 1 heterocycles. The summed E-state index contributed by atoms with van der Waals surface area (Å²) in [7, 11) is 0. The minimum absolute atomic E-state index is 0.0134. The van der Waals surface area contributed by atoms with Gasteiger partial charge in [0.05, 0.1) is 10.8 Å². The van der Waals surface area contributed by atoms with Gasteiger partial charge in [-0.2, -0.15) is 0 Å². The van der Waals surface area contributed by atoms with E-state index in [1.165, 1.54) is 13.0 Å². The molecule has 0 aliphatic carbocycles. The molecule has 0 aromatic carbocycles. The second-order valence-electron chi connectivity index (χ2n) is 4.45. The SMILES string of the molecule is CC(=O)C(c1nc(C)ccc1[N+](=O)[O-])C(C)C. The summed E-state index contributed by atoms with van der Waals surface area (Å²) in [4.78, 5) is 26.2. The fourth-order valence-corrected chi connectivity index (χ4v) is 1.93. The molecule has 0 amide bonds.